The molecule has 1 aliphatic heterocycles. The van der Waals surface area contributed by atoms with E-state index in [1.165, 1.54) is 23.6 Å². The van der Waals surface area contributed by atoms with Gasteiger partial charge in [0.1, 0.15) is 5.25 Å². The van der Waals surface area contributed by atoms with Crippen LogP contribution >= 0.6 is 11.8 Å². The quantitative estimate of drug-likeness (QED) is 0.494. The second-order valence-corrected chi connectivity index (χ2v) is 7.81. The summed E-state index contributed by atoms with van der Waals surface area (Å²) in [7, 11) is 0. The third kappa shape index (κ3) is 3.07. The highest BCUT2D eigenvalue weighted by Crippen LogP contribution is 2.33. The zero-order valence-electron chi connectivity index (χ0n) is 15.5. The number of amides is 2. The van der Waals surface area contributed by atoms with Gasteiger partial charge in [-0.15, -0.1) is 10.2 Å². The Kier molecular flexibility index (Phi) is 4.46. The molecule has 1 atom stereocenters. The number of anilines is 1. The molecule has 1 aromatic carbocycles. The van der Waals surface area contributed by atoms with Crippen LogP contribution in [0.15, 0.2) is 35.5 Å². The molecule has 0 spiro atoms. The Morgan fingerprint density at radius 3 is 2.54 bits per heavy atom. The summed E-state index contributed by atoms with van der Waals surface area (Å²) in [6.45, 7) is 5.26. The molecule has 1 saturated heterocycles. The minimum absolute atomic E-state index is 0.0723. The van der Waals surface area contributed by atoms with Gasteiger partial charge in [-0.1, -0.05) is 11.8 Å². The molecule has 0 aliphatic carbocycles. The van der Waals surface area contributed by atoms with Crippen molar-refractivity contribution in [2.24, 2.45) is 0 Å². The van der Waals surface area contributed by atoms with Crippen molar-refractivity contribution in [3.05, 3.63) is 47.3 Å². The Morgan fingerprint density at radius 1 is 1.14 bits per heavy atom. The summed E-state index contributed by atoms with van der Waals surface area (Å²) in [6.07, 6.45) is 0.0746. The fourth-order valence-electron chi connectivity index (χ4n) is 3.22. The summed E-state index contributed by atoms with van der Waals surface area (Å²) >= 11 is 1.21. The lowest BCUT2D eigenvalue weighted by Gasteiger charge is -2.15. The Morgan fingerprint density at radius 2 is 1.86 bits per heavy atom. The first-order chi connectivity index (χ1) is 13.3. The van der Waals surface area contributed by atoms with Gasteiger partial charge in [0, 0.05) is 23.4 Å². The number of benzene rings is 1. The first-order valence-electron chi connectivity index (χ1n) is 8.69. The first kappa shape index (κ1) is 18.3. The number of aromatic nitrogens is 4. The molecular formula is C19H17N5O3S. The first-order valence-corrected chi connectivity index (χ1v) is 9.57. The zero-order chi connectivity index (χ0) is 20.0. The molecule has 142 valence electrons. The molecule has 0 radical (unpaired) electrons. The van der Waals surface area contributed by atoms with E-state index in [0.717, 1.165) is 11.4 Å². The lowest BCUT2D eigenvalue weighted by molar-refractivity contribution is -0.121. The lowest BCUT2D eigenvalue weighted by atomic mass is 10.1. The van der Waals surface area contributed by atoms with Gasteiger partial charge in [-0.2, -0.15) is 0 Å². The summed E-state index contributed by atoms with van der Waals surface area (Å²) in [5.74, 6) is -0.192. The van der Waals surface area contributed by atoms with Crippen molar-refractivity contribution < 1.29 is 14.4 Å². The standard InChI is InChI=1S/C19H17N5O3S/c1-10-8-11(2)23-18(20-10)21-22-19(23)28-15-9-16(26)24(17(15)27)14-6-4-13(5-7-14)12(3)25/h4-8,15H,9H2,1-3H3/t15-/m1/s1. The number of nitrogens with zero attached hydrogens (tertiary/aromatic N) is 5. The number of Topliss-reactive ketones (excluding diaryl/α,β-unsaturated/α-hetero) is 1. The van der Waals surface area contributed by atoms with E-state index in [9.17, 15) is 14.4 Å². The third-order valence-corrected chi connectivity index (χ3v) is 5.68. The summed E-state index contributed by atoms with van der Waals surface area (Å²) in [5, 5.41) is 8.15. The second-order valence-electron chi connectivity index (χ2n) is 6.64. The Bertz CT molecular complexity index is 1120. The van der Waals surface area contributed by atoms with E-state index in [-0.39, 0.29) is 24.0 Å². The van der Waals surface area contributed by atoms with Gasteiger partial charge in [-0.3, -0.25) is 18.8 Å². The number of hydrogen-bond donors (Lipinski definition) is 0. The third-order valence-electron chi connectivity index (χ3n) is 4.55. The van der Waals surface area contributed by atoms with E-state index in [0.29, 0.717) is 22.2 Å². The molecule has 1 aliphatic rings. The van der Waals surface area contributed by atoms with E-state index in [1.807, 2.05) is 19.9 Å². The van der Waals surface area contributed by atoms with Gasteiger partial charge in [0.2, 0.25) is 11.8 Å². The fourth-order valence-corrected chi connectivity index (χ4v) is 4.32. The van der Waals surface area contributed by atoms with Gasteiger partial charge in [0.05, 0.1) is 5.69 Å². The summed E-state index contributed by atoms with van der Waals surface area (Å²) < 4.78 is 1.78. The molecule has 0 N–H and O–H groups in total. The molecule has 2 aromatic heterocycles. The monoisotopic (exact) mass is 395 g/mol. The number of ketones is 1. The molecule has 2 amide bonds. The van der Waals surface area contributed by atoms with Crippen molar-refractivity contribution in [2.75, 3.05) is 4.90 Å². The van der Waals surface area contributed by atoms with Crippen LogP contribution in [0.4, 0.5) is 5.69 Å². The molecule has 1 fully saturated rings. The van der Waals surface area contributed by atoms with Crippen molar-refractivity contribution >= 4 is 40.8 Å². The van der Waals surface area contributed by atoms with Crippen molar-refractivity contribution in [1.82, 2.24) is 19.6 Å². The highest BCUT2D eigenvalue weighted by molar-refractivity contribution is 8.00. The highest BCUT2D eigenvalue weighted by atomic mass is 32.2. The summed E-state index contributed by atoms with van der Waals surface area (Å²) in [6, 6.07) is 8.36. The number of aryl methyl sites for hydroxylation is 2. The van der Waals surface area contributed by atoms with E-state index in [1.54, 1.807) is 28.7 Å². The van der Waals surface area contributed by atoms with Crippen LogP contribution in [0.2, 0.25) is 0 Å². The maximum atomic E-state index is 12.9. The van der Waals surface area contributed by atoms with Gasteiger partial charge < -0.3 is 0 Å². The van der Waals surface area contributed by atoms with E-state index >= 15 is 0 Å². The van der Waals surface area contributed by atoms with E-state index in [2.05, 4.69) is 15.2 Å². The number of thioether (sulfide) groups is 1. The van der Waals surface area contributed by atoms with Crippen LogP contribution in [0.3, 0.4) is 0 Å². The van der Waals surface area contributed by atoms with Crippen LogP contribution in [0.1, 0.15) is 35.1 Å². The Labute approximate surface area is 165 Å². The van der Waals surface area contributed by atoms with E-state index < -0.39 is 5.25 Å². The van der Waals surface area contributed by atoms with Crippen molar-refractivity contribution in [1.29, 1.82) is 0 Å². The molecule has 0 saturated carbocycles. The molecule has 28 heavy (non-hydrogen) atoms. The average Bonchev–Trinajstić information content (AvgIpc) is 3.16. The number of carbonyl (C=O) groups is 3. The zero-order valence-corrected chi connectivity index (χ0v) is 16.4. The maximum Gasteiger partial charge on any atom is 0.256 e. The topological polar surface area (TPSA) is 97.5 Å². The van der Waals surface area contributed by atoms with Gasteiger partial charge in [0.15, 0.2) is 10.9 Å². The molecule has 4 rings (SSSR count). The SMILES string of the molecule is CC(=O)c1ccc(N2C(=O)C[C@@H](Sc3nnc4nc(C)cc(C)n34)C2=O)cc1. The molecular weight excluding hydrogens is 378 g/mol. The summed E-state index contributed by atoms with van der Waals surface area (Å²) in [4.78, 5) is 42.3. The number of hydrogen-bond acceptors (Lipinski definition) is 7. The number of imide groups is 1. The van der Waals surface area contributed by atoms with Crippen molar-refractivity contribution in [3.63, 3.8) is 0 Å². The van der Waals surface area contributed by atoms with Crippen LogP contribution in [-0.4, -0.2) is 42.4 Å². The van der Waals surface area contributed by atoms with Gasteiger partial charge >= 0.3 is 0 Å². The normalized spacial score (nSPS) is 17.0. The number of fused-ring (bicyclic) bond motifs is 1. The molecule has 8 nitrogen and oxygen atoms in total. The predicted octanol–water partition coefficient (Wildman–Crippen LogP) is 2.37. The van der Waals surface area contributed by atoms with Gasteiger partial charge in [-0.05, 0) is 51.1 Å². The van der Waals surface area contributed by atoms with Crippen LogP contribution in [-0.2, 0) is 9.59 Å². The van der Waals surface area contributed by atoms with Crippen LogP contribution in [0.5, 0.6) is 0 Å². The van der Waals surface area contributed by atoms with Crippen LogP contribution < -0.4 is 4.90 Å². The Balaban J connectivity index is 1.60. The fraction of sp³-hybridized carbons (Fsp3) is 0.263. The Hall–Kier alpha value is -3.07. The smallest absolute Gasteiger partial charge is 0.256 e. The second kappa shape index (κ2) is 6.83. The minimum Gasteiger partial charge on any atom is -0.295 e. The predicted molar refractivity (Wildman–Crippen MR) is 103 cm³/mol. The van der Waals surface area contributed by atoms with Crippen LogP contribution in [0.25, 0.3) is 5.78 Å². The average molecular weight is 395 g/mol. The summed E-state index contributed by atoms with van der Waals surface area (Å²) in [5.41, 5.74) is 2.73. The molecule has 0 unspecified atom stereocenters. The molecule has 9 heteroatoms. The largest absolute Gasteiger partial charge is 0.295 e. The molecule has 3 aromatic rings. The molecule has 0 bridgehead atoms. The van der Waals surface area contributed by atoms with E-state index in [4.69, 9.17) is 0 Å². The van der Waals surface area contributed by atoms with Gasteiger partial charge in [-0.25, -0.2) is 9.88 Å². The minimum atomic E-state index is -0.590. The number of carbonyl (C=O) groups excluding carboxylic acids is 3. The van der Waals surface area contributed by atoms with Crippen LogP contribution in [0, 0.1) is 13.8 Å². The highest BCUT2D eigenvalue weighted by Gasteiger charge is 2.41. The lowest BCUT2D eigenvalue weighted by Crippen LogP contribution is -2.31. The molecule has 3 heterocycles. The maximum absolute atomic E-state index is 12.9. The number of rotatable bonds is 4. The van der Waals surface area contributed by atoms with Crippen molar-refractivity contribution in [2.45, 2.75) is 37.6 Å². The van der Waals surface area contributed by atoms with Crippen molar-refractivity contribution in [3.8, 4) is 0 Å². The van der Waals surface area contributed by atoms with Gasteiger partial charge in [0.25, 0.3) is 5.78 Å².